The Labute approximate surface area is 201 Å². The van der Waals surface area contributed by atoms with Crippen molar-refractivity contribution in [2.45, 2.75) is 20.5 Å². The Morgan fingerprint density at radius 3 is 2.42 bits per heavy atom. The third-order valence-corrected chi connectivity index (χ3v) is 6.50. The Hall–Kier alpha value is -3.42. The fourth-order valence-corrected chi connectivity index (χ4v) is 4.61. The summed E-state index contributed by atoms with van der Waals surface area (Å²) in [5, 5.41) is 9.29. The lowest BCUT2D eigenvalue weighted by Gasteiger charge is -2.17. The van der Waals surface area contributed by atoms with Gasteiger partial charge in [0.15, 0.2) is 4.32 Å². The standard InChI is InChI=1S/C26H21NO4S2/c1-16-3-6-19(7-4-16)15-31-21-11-8-18(9-12-21)13-23-24(28)27(26(32)33-23)22-14-20(25(29)30)10-5-17(22)2/h3-14H,15H2,1-2H3,(H,29,30). The molecule has 0 atom stereocenters. The van der Waals surface area contributed by atoms with Crippen LogP contribution in [0.1, 0.15) is 32.6 Å². The van der Waals surface area contributed by atoms with Crippen LogP contribution in [-0.2, 0) is 11.4 Å². The molecule has 3 aromatic rings. The van der Waals surface area contributed by atoms with Crippen molar-refractivity contribution in [3.05, 3.63) is 99.5 Å². The summed E-state index contributed by atoms with van der Waals surface area (Å²) in [6.07, 6.45) is 1.78. The van der Waals surface area contributed by atoms with Gasteiger partial charge in [-0.2, -0.15) is 0 Å². The van der Waals surface area contributed by atoms with E-state index in [2.05, 4.69) is 12.1 Å². The molecular formula is C26H21NO4S2. The highest BCUT2D eigenvalue weighted by Gasteiger charge is 2.34. The lowest BCUT2D eigenvalue weighted by atomic mass is 10.1. The van der Waals surface area contributed by atoms with E-state index in [4.69, 9.17) is 17.0 Å². The Morgan fingerprint density at radius 2 is 1.76 bits per heavy atom. The zero-order chi connectivity index (χ0) is 23.5. The van der Waals surface area contributed by atoms with E-state index in [1.165, 1.54) is 34.4 Å². The first-order chi connectivity index (χ1) is 15.8. The van der Waals surface area contributed by atoms with Crippen LogP contribution in [0.4, 0.5) is 5.69 Å². The average Bonchev–Trinajstić information content (AvgIpc) is 3.07. The van der Waals surface area contributed by atoms with E-state index in [0.29, 0.717) is 21.5 Å². The first-order valence-corrected chi connectivity index (χ1v) is 11.4. The summed E-state index contributed by atoms with van der Waals surface area (Å²) in [6.45, 7) is 4.34. The Kier molecular flexibility index (Phi) is 6.62. The van der Waals surface area contributed by atoms with Crippen molar-refractivity contribution in [1.82, 2.24) is 0 Å². The van der Waals surface area contributed by atoms with Crippen LogP contribution >= 0.6 is 24.0 Å². The number of aromatic carboxylic acids is 1. The quantitative estimate of drug-likeness (QED) is 0.349. The fraction of sp³-hybridized carbons (Fsp3) is 0.115. The third-order valence-electron chi connectivity index (χ3n) is 5.19. The molecule has 5 nitrogen and oxygen atoms in total. The number of benzene rings is 3. The van der Waals surface area contributed by atoms with E-state index in [1.54, 1.807) is 12.1 Å². The zero-order valence-corrected chi connectivity index (χ0v) is 19.7. The number of thioether (sulfide) groups is 1. The second kappa shape index (κ2) is 9.60. The molecule has 1 aliphatic heterocycles. The predicted octanol–water partition coefficient (Wildman–Crippen LogP) is 5.99. The number of carboxylic acids is 1. The molecule has 1 N–H and O–H groups in total. The molecule has 1 aliphatic rings. The van der Waals surface area contributed by atoms with Crippen LogP contribution in [0, 0.1) is 13.8 Å². The van der Waals surface area contributed by atoms with Gasteiger partial charge in [0.1, 0.15) is 12.4 Å². The van der Waals surface area contributed by atoms with Gasteiger partial charge >= 0.3 is 5.97 Å². The summed E-state index contributed by atoms with van der Waals surface area (Å²) < 4.78 is 6.21. The molecule has 0 unspecified atom stereocenters. The summed E-state index contributed by atoms with van der Waals surface area (Å²) in [7, 11) is 0. The molecule has 0 spiro atoms. The van der Waals surface area contributed by atoms with Gasteiger partial charge < -0.3 is 9.84 Å². The van der Waals surface area contributed by atoms with Gasteiger partial charge in [-0.3, -0.25) is 9.69 Å². The average molecular weight is 476 g/mol. The number of thiocarbonyl (C=S) groups is 1. The molecule has 166 valence electrons. The van der Waals surface area contributed by atoms with Gasteiger partial charge in [-0.05, 0) is 60.9 Å². The van der Waals surface area contributed by atoms with E-state index in [0.717, 1.165) is 22.4 Å². The van der Waals surface area contributed by atoms with Crippen LogP contribution < -0.4 is 9.64 Å². The Morgan fingerprint density at radius 1 is 1.06 bits per heavy atom. The van der Waals surface area contributed by atoms with Crippen molar-refractivity contribution < 1.29 is 19.4 Å². The largest absolute Gasteiger partial charge is 0.489 e. The minimum Gasteiger partial charge on any atom is -0.489 e. The molecule has 1 heterocycles. The molecule has 33 heavy (non-hydrogen) atoms. The lowest BCUT2D eigenvalue weighted by molar-refractivity contribution is -0.113. The summed E-state index contributed by atoms with van der Waals surface area (Å²) in [5.74, 6) is -0.585. The first-order valence-electron chi connectivity index (χ1n) is 10.2. The minimum atomic E-state index is -1.05. The summed E-state index contributed by atoms with van der Waals surface area (Å²) >= 11 is 6.63. The van der Waals surface area contributed by atoms with Crippen molar-refractivity contribution >= 4 is 51.9 Å². The van der Waals surface area contributed by atoms with E-state index >= 15 is 0 Å². The second-order valence-corrected chi connectivity index (χ2v) is 9.34. The van der Waals surface area contributed by atoms with E-state index < -0.39 is 5.97 Å². The highest BCUT2D eigenvalue weighted by molar-refractivity contribution is 8.27. The van der Waals surface area contributed by atoms with Crippen molar-refractivity contribution in [1.29, 1.82) is 0 Å². The lowest BCUT2D eigenvalue weighted by Crippen LogP contribution is -2.28. The smallest absolute Gasteiger partial charge is 0.335 e. The molecule has 1 amide bonds. The summed E-state index contributed by atoms with van der Waals surface area (Å²) in [5.41, 5.74) is 4.51. The van der Waals surface area contributed by atoms with Crippen LogP contribution in [0.5, 0.6) is 5.75 Å². The van der Waals surface area contributed by atoms with Gasteiger partial charge in [0, 0.05) is 0 Å². The third kappa shape index (κ3) is 5.16. The van der Waals surface area contributed by atoms with Crippen molar-refractivity contribution in [3.8, 4) is 5.75 Å². The summed E-state index contributed by atoms with van der Waals surface area (Å²) in [6, 6.07) is 20.3. The number of hydrogen-bond acceptors (Lipinski definition) is 5. The molecule has 1 fully saturated rings. The van der Waals surface area contributed by atoms with Gasteiger partial charge in [0.05, 0.1) is 16.2 Å². The van der Waals surface area contributed by atoms with Gasteiger partial charge in [-0.1, -0.05) is 72.0 Å². The van der Waals surface area contributed by atoms with E-state index in [9.17, 15) is 14.7 Å². The molecule has 7 heteroatoms. The number of amides is 1. The monoisotopic (exact) mass is 475 g/mol. The SMILES string of the molecule is Cc1ccc(COc2ccc(C=C3SC(=S)N(c4cc(C(=O)O)ccc4C)C3=O)cc2)cc1. The minimum absolute atomic E-state index is 0.106. The van der Waals surface area contributed by atoms with Gasteiger partial charge in [-0.25, -0.2) is 4.79 Å². The van der Waals surface area contributed by atoms with Crippen molar-refractivity contribution in [2.75, 3.05) is 4.90 Å². The molecule has 3 aromatic carbocycles. The highest BCUT2D eigenvalue weighted by atomic mass is 32.2. The number of carbonyl (C=O) groups excluding carboxylic acids is 1. The maximum atomic E-state index is 13.1. The van der Waals surface area contributed by atoms with Crippen molar-refractivity contribution in [3.63, 3.8) is 0 Å². The molecule has 0 bridgehead atoms. The molecule has 4 rings (SSSR count). The maximum absolute atomic E-state index is 13.1. The van der Waals surface area contributed by atoms with Gasteiger partial charge in [-0.15, -0.1) is 0 Å². The Balaban J connectivity index is 1.49. The van der Waals surface area contributed by atoms with Crippen molar-refractivity contribution in [2.24, 2.45) is 0 Å². The molecule has 0 radical (unpaired) electrons. The highest BCUT2D eigenvalue weighted by Crippen LogP contribution is 2.37. The topological polar surface area (TPSA) is 66.8 Å². The first kappa shape index (κ1) is 22.8. The number of aryl methyl sites for hydroxylation is 2. The molecule has 0 aliphatic carbocycles. The van der Waals surface area contributed by atoms with Crippen LogP contribution in [0.3, 0.4) is 0 Å². The predicted molar refractivity (Wildman–Crippen MR) is 136 cm³/mol. The summed E-state index contributed by atoms with van der Waals surface area (Å²) in [4.78, 5) is 26.3. The number of hydrogen-bond donors (Lipinski definition) is 1. The van der Waals surface area contributed by atoms with Gasteiger partial charge in [0.2, 0.25) is 0 Å². The van der Waals surface area contributed by atoms with Crippen LogP contribution in [-0.4, -0.2) is 21.3 Å². The number of rotatable bonds is 6. The number of nitrogens with zero attached hydrogens (tertiary/aromatic N) is 1. The van der Waals surface area contributed by atoms with Crippen LogP contribution in [0.2, 0.25) is 0 Å². The molecule has 1 saturated heterocycles. The normalized spacial score (nSPS) is 14.7. The van der Waals surface area contributed by atoms with E-state index in [1.807, 2.05) is 50.2 Å². The molecule has 0 aromatic heterocycles. The van der Waals surface area contributed by atoms with Crippen LogP contribution in [0.25, 0.3) is 6.08 Å². The number of ether oxygens (including phenoxy) is 1. The molecule has 0 saturated carbocycles. The number of carbonyl (C=O) groups is 2. The van der Waals surface area contributed by atoms with Crippen LogP contribution in [0.15, 0.2) is 71.6 Å². The Bertz CT molecular complexity index is 1260. The zero-order valence-electron chi connectivity index (χ0n) is 18.1. The fourth-order valence-electron chi connectivity index (χ4n) is 3.32. The number of carboxylic acid groups (broad SMARTS) is 1. The number of anilines is 1. The van der Waals surface area contributed by atoms with E-state index in [-0.39, 0.29) is 11.5 Å². The van der Waals surface area contributed by atoms with Gasteiger partial charge in [0.25, 0.3) is 5.91 Å². The second-order valence-electron chi connectivity index (χ2n) is 7.67. The maximum Gasteiger partial charge on any atom is 0.335 e. The molecular weight excluding hydrogens is 454 g/mol.